The van der Waals surface area contributed by atoms with Crippen molar-refractivity contribution < 1.29 is 0 Å². The molecule has 5 aromatic rings. The van der Waals surface area contributed by atoms with Crippen LogP contribution < -0.4 is 10.6 Å². The molecule has 2 fully saturated rings. The van der Waals surface area contributed by atoms with Crippen molar-refractivity contribution >= 4 is 11.2 Å². The first-order valence-electron chi connectivity index (χ1n) is 13.7. The predicted octanol–water partition coefficient (Wildman–Crippen LogP) is 6.02. The maximum atomic E-state index is 4.73. The summed E-state index contributed by atoms with van der Waals surface area (Å²) >= 11 is 0. The van der Waals surface area contributed by atoms with E-state index in [2.05, 4.69) is 99.0 Å². The van der Waals surface area contributed by atoms with Crippen molar-refractivity contribution in [3.63, 3.8) is 0 Å². The lowest BCUT2D eigenvalue weighted by Gasteiger charge is -2.07. The first-order valence-corrected chi connectivity index (χ1v) is 13.7. The van der Waals surface area contributed by atoms with E-state index in [0.29, 0.717) is 17.9 Å². The Kier molecular flexibility index (Phi) is 5.82. The second kappa shape index (κ2) is 9.49. The van der Waals surface area contributed by atoms with Crippen LogP contribution in [0.4, 0.5) is 0 Å². The van der Waals surface area contributed by atoms with E-state index in [0.717, 1.165) is 71.1 Å². The number of H-pyrrole nitrogens is 2. The minimum atomic E-state index is 0.289. The van der Waals surface area contributed by atoms with Crippen LogP contribution in [-0.2, 0) is 0 Å². The Balaban J connectivity index is 1.07. The number of fused-ring (bicyclic) bond motifs is 1. The normalized spacial score (nSPS) is 23.4. The molecule has 0 bridgehead atoms. The van der Waals surface area contributed by atoms with Gasteiger partial charge < -0.3 is 20.6 Å². The van der Waals surface area contributed by atoms with Gasteiger partial charge in [0, 0.05) is 11.8 Å². The summed E-state index contributed by atoms with van der Waals surface area (Å²) in [6.07, 6.45) is 6.10. The van der Waals surface area contributed by atoms with Crippen molar-refractivity contribution in [1.29, 1.82) is 0 Å². The zero-order valence-electron chi connectivity index (χ0n) is 21.8. The van der Waals surface area contributed by atoms with Gasteiger partial charge in [0.15, 0.2) is 5.65 Å². The molecule has 5 heterocycles. The lowest BCUT2D eigenvalue weighted by molar-refractivity contribution is 0.588. The number of aromatic amines is 2. The molecule has 7 heteroatoms. The second-order valence-electron chi connectivity index (χ2n) is 11.2. The zero-order valence-corrected chi connectivity index (χ0v) is 21.8. The average molecular weight is 504 g/mol. The molecule has 192 valence electrons. The number of hydrogen-bond donors (Lipinski definition) is 4. The molecule has 0 radical (unpaired) electrons. The quantitative estimate of drug-likeness (QED) is 0.235. The number of nitrogens with one attached hydrogen (secondary N) is 4. The van der Waals surface area contributed by atoms with Gasteiger partial charge in [-0.15, -0.1) is 0 Å². The van der Waals surface area contributed by atoms with Crippen LogP contribution in [0.3, 0.4) is 0 Å². The molecule has 2 aromatic carbocycles. The van der Waals surface area contributed by atoms with E-state index >= 15 is 0 Å². The predicted molar refractivity (Wildman–Crippen MR) is 151 cm³/mol. The van der Waals surface area contributed by atoms with Crippen LogP contribution in [-0.4, -0.2) is 38.0 Å². The van der Waals surface area contributed by atoms with Gasteiger partial charge in [-0.3, -0.25) is 0 Å². The Hall–Kier alpha value is -3.81. The Bertz CT molecular complexity index is 1560. The monoisotopic (exact) mass is 503 g/mol. The molecule has 4 atom stereocenters. The number of benzene rings is 2. The molecule has 2 aliphatic heterocycles. The van der Waals surface area contributed by atoms with E-state index in [1.807, 2.05) is 12.4 Å². The highest BCUT2D eigenvalue weighted by Gasteiger charge is 2.25. The van der Waals surface area contributed by atoms with Crippen LogP contribution in [0, 0.1) is 11.8 Å². The van der Waals surface area contributed by atoms with Gasteiger partial charge in [-0.25, -0.2) is 15.0 Å². The molecule has 7 nitrogen and oxygen atoms in total. The summed E-state index contributed by atoms with van der Waals surface area (Å²) in [5.41, 5.74) is 8.58. The first-order chi connectivity index (χ1) is 18.6. The van der Waals surface area contributed by atoms with Crippen molar-refractivity contribution in [3.05, 3.63) is 78.6 Å². The van der Waals surface area contributed by atoms with E-state index in [4.69, 9.17) is 4.98 Å². The van der Waals surface area contributed by atoms with E-state index in [1.165, 1.54) is 11.1 Å². The topological polar surface area (TPSA) is 94.3 Å². The van der Waals surface area contributed by atoms with Gasteiger partial charge >= 0.3 is 0 Å². The minimum absolute atomic E-state index is 0.289. The van der Waals surface area contributed by atoms with Gasteiger partial charge in [-0.2, -0.15) is 0 Å². The average Bonchev–Trinajstić information content (AvgIpc) is 3.75. The number of hydrogen-bond acceptors (Lipinski definition) is 5. The van der Waals surface area contributed by atoms with Crippen molar-refractivity contribution in [2.75, 3.05) is 13.1 Å². The van der Waals surface area contributed by atoms with Crippen molar-refractivity contribution in [1.82, 2.24) is 35.6 Å². The minimum Gasteiger partial charge on any atom is -0.341 e. The lowest BCUT2D eigenvalue weighted by Crippen LogP contribution is -2.14. The Morgan fingerprint density at radius 1 is 0.632 bits per heavy atom. The number of imidazole rings is 2. The largest absolute Gasteiger partial charge is 0.341 e. The summed E-state index contributed by atoms with van der Waals surface area (Å²) in [5, 5.41) is 7.10. The van der Waals surface area contributed by atoms with Gasteiger partial charge in [0.25, 0.3) is 0 Å². The third-order valence-electron chi connectivity index (χ3n) is 8.06. The third kappa shape index (κ3) is 4.42. The number of pyridine rings is 1. The van der Waals surface area contributed by atoms with Gasteiger partial charge in [-0.1, -0.05) is 62.4 Å². The Morgan fingerprint density at radius 2 is 1.21 bits per heavy atom. The van der Waals surface area contributed by atoms with Gasteiger partial charge in [0.2, 0.25) is 0 Å². The summed E-state index contributed by atoms with van der Waals surface area (Å²) in [4.78, 5) is 21.0. The summed E-state index contributed by atoms with van der Waals surface area (Å²) in [6.45, 7) is 6.65. The van der Waals surface area contributed by atoms with Crippen molar-refractivity contribution in [2.45, 2.75) is 38.8 Å². The van der Waals surface area contributed by atoms with Crippen LogP contribution >= 0.6 is 0 Å². The summed E-state index contributed by atoms with van der Waals surface area (Å²) in [7, 11) is 0. The molecule has 2 saturated heterocycles. The van der Waals surface area contributed by atoms with Crippen LogP contribution in [0.25, 0.3) is 44.7 Å². The molecule has 4 unspecified atom stereocenters. The molecule has 0 amide bonds. The third-order valence-corrected chi connectivity index (χ3v) is 8.06. The second-order valence-corrected chi connectivity index (χ2v) is 11.2. The Labute approximate surface area is 222 Å². The number of rotatable bonds is 5. The molecular formula is C31H33N7. The van der Waals surface area contributed by atoms with Crippen molar-refractivity contribution in [2.24, 2.45) is 11.8 Å². The first kappa shape index (κ1) is 23.3. The van der Waals surface area contributed by atoms with Crippen LogP contribution in [0.15, 0.2) is 67.0 Å². The molecule has 0 saturated carbocycles. The van der Waals surface area contributed by atoms with Crippen LogP contribution in [0.2, 0.25) is 0 Å². The molecule has 3 aromatic heterocycles. The molecular weight excluding hydrogens is 470 g/mol. The van der Waals surface area contributed by atoms with Gasteiger partial charge in [0.05, 0.1) is 29.5 Å². The summed E-state index contributed by atoms with van der Waals surface area (Å²) < 4.78 is 0. The van der Waals surface area contributed by atoms with Crippen LogP contribution in [0.5, 0.6) is 0 Å². The SMILES string of the molecule is CC1CNC(c2ncc(-c3ccc(-c4ccc(-c5cnc6nc(C7CC(C)CN7)[nH]c6c5)cc4)cc3)[nH]2)C1. The van der Waals surface area contributed by atoms with E-state index < -0.39 is 0 Å². The van der Waals surface area contributed by atoms with Crippen molar-refractivity contribution in [3.8, 4) is 33.5 Å². The molecule has 38 heavy (non-hydrogen) atoms. The standard InChI is InChI=1S/C31H33N7/c1-18-11-25(32-14-18)29-35-17-28(37-29)23-9-7-21(8-10-23)20-3-5-22(6-4-20)24-13-27-30(34-16-24)38-31(36-27)26-12-19(2)15-33-26/h3-10,13,16-19,25-26,32-33H,11-12,14-15H2,1-2H3,(H,35,37)(H,34,36,38). The molecule has 0 spiro atoms. The molecule has 4 N–H and O–H groups in total. The highest BCUT2D eigenvalue weighted by Crippen LogP contribution is 2.31. The maximum Gasteiger partial charge on any atom is 0.177 e. The lowest BCUT2D eigenvalue weighted by atomic mass is 10.00. The van der Waals surface area contributed by atoms with E-state index in [-0.39, 0.29) is 6.04 Å². The van der Waals surface area contributed by atoms with E-state index in [9.17, 15) is 0 Å². The fourth-order valence-electron chi connectivity index (χ4n) is 5.84. The Morgan fingerprint density at radius 3 is 1.82 bits per heavy atom. The zero-order chi connectivity index (χ0) is 25.6. The fourth-order valence-corrected chi connectivity index (χ4v) is 5.84. The van der Waals surface area contributed by atoms with Crippen LogP contribution in [0.1, 0.15) is 50.4 Å². The smallest absolute Gasteiger partial charge is 0.177 e. The fraction of sp³-hybridized carbons (Fsp3) is 0.323. The molecule has 0 aliphatic carbocycles. The van der Waals surface area contributed by atoms with E-state index in [1.54, 1.807) is 0 Å². The maximum absolute atomic E-state index is 4.73. The molecule has 2 aliphatic rings. The number of aromatic nitrogens is 5. The highest BCUT2D eigenvalue weighted by molar-refractivity contribution is 5.79. The summed E-state index contributed by atoms with van der Waals surface area (Å²) in [6, 6.07) is 20.2. The molecule has 7 rings (SSSR count). The number of nitrogens with zero attached hydrogens (tertiary/aromatic N) is 3. The van der Waals surface area contributed by atoms with Gasteiger partial charge in [-0.05, 0) is 66.1 Å². The highest BCUT2D eigenvalue weighted by atomic mass is 15.1. The summed E-state index contributed by atoms with van der Waals surface area (Å²) in [5.74, 6) is 3.39. The van der Waals surface area contributed by atoms with Gasteiger partial charge in [0.1, 0.15) is 11.6 Å².